The topological polar surface area (TPSA) is 79.2 Å². The summed E-state index contributed by atoms with van der Waals surface area (Å²) in [6.07, 6.45) is -2.33. The zero-order valence-electron chi connectivity index (χ0n) is 8.30. The summed E-state index contributed by atoms with van der Waals surface area (Å²) in [5.41, 5.74) is 0. The van der Waals surface area contributed by atoms with Crippen LogP contribution >= 0.6 is 0 Å². The van der Waals surface area contributed by atoms with Gasteiger partial charge in [0.15, 0.2) is 6.29 Å². The molecule has 1 heterocycles. The van der Waals surface area contributed by atoms with Gasteiger partial charge in [-0.15, -0.1) is 0 Å². The summed E-state index contributed by atoms with van der Waals surface area (Å²) in [6, 6.07) is 0. The summed E-state index contributed by atoms with van der Waals surface area (Å²) >= 11 is 0. The third-order valence-electron chi connectivity index (χ3n) is 2.23. The third kappa shape index (κ3) is 2.90. The Morgan fingerprint density at radius 1 is 1.29 bits per heavy atom. The minimum absolute atomic E-state index is 0.00494. The molecule has 14 heavy (non-hydrogen) atoms. The van der Waals surface area contributed by atoms with Gasteiger partial charge in [0.25, 0.3) is 0 Å². The lowest BCUT2D eigenvalue weighted by molar-refractivity contribution is -0.269. The predicted molar refractivity (Wildman–Crippen MR) is 48.6 cm³/mol. The van der Waals surface area contributed by atoms with Crippen molar-refractivity contribution in [3.8, 4) is 0 Å². The van der Waals surface area contributed by atoms with E-state index in [0.29, 0.717) is 6.61 Å². The SMILES string of the molecule is CCCCO[C@H]1OC[C@@H](O)[C@H](O)[C@H]1O. The first-order valence-corrected chi connectivity index (χ1v) is 4.94. The van der Waals surface area contributed by atoms with Crippen LogP contribution in [0.4, 0.5) is 0 Å². The Labute approximate surface area is 83.3 Å². The minimum atomic E-state index is -1.18. The maximum Gasteiger partial charge on any atom is 0.186 e. The Hall–Kier alpha value is -0.200. The van der Waals surface area contributed by atoms with Gasteiger partial charge in [0.05, 0.1) is 6.61 Å². The maximum atomic E-state index is 9.45. The van der Waals surface area contributed by atoms with Gasteiger partial charge in [-0.2, -0.15) is 0 Å². The molecule has 1 saturated heterocycles. The predicted octanol–water partition coefficient (Wildman–Crippen LogP) is -0.758. The highest BCUT2D eigenvalue weighted by atomic mass is 16.7. The first-order chi connectivity index (χ1) is 6.66. The van der Waals surface area contributed by atoms with Crippen LogP contribution < -0.4 is 0 Å². The van der Waals surface area contributed by atoms with Gasteiger partial charge in [0, 0.05) is 6.61 Å². The average molecular weight is 206 g/mol. The molecule has 5 heteroatoms. The lowest BCUT2D eigenvalue weighted by Gasteiger charge is -2.34. The third-order valence-corrected chi connectivity index (χ3v) is 2.23. The molecule has 84 valence electrons. The van der Waals surface area contributed by atoms with E-state index >= 15 is 0 Å². The fraction of sp³-hybridized carbons (Fsp3) is 1.00. The van der Waals surface area contributed by atoms with Crippen LogP contribution in [0.25, 0.3) is 0 Å². The van der Waals surface area contributed by atoms with Gasteiger partial charge in [-0.1, -0.05) is 13.3 Å². The van der Waals surface area contributed by atoms with Gasteiger partial charge in [0.1, 0.15) is 18.3 Å². The first kappa shape index (κ1) is 11.9. The Bertz CT molecular complexity index is 163. The molecule has 5 nitrogen and oxygen atoms in total. The molecule has 0 bridgehead atoms. The van der Waals surface area contributed by atoms with Gasteiger partial charge in [-0.05, 0) is 6.42 Å². The van der Waals surface area contributed by atoms with Crippen LogP contribution in [0, 0.1) is 0 Å². The molecular formula is C9H18O5. The van der Waals surface area contributed by atoms with E-state index in [-0.39, 0.29) is 6.61 Å². The van der Waals surface area contributed by atoms with E-state index in [1.165, 1.54) is 0 Å². The van der Waals surface area contributed by atoms with Crippen molar-refractivity contribution in [1.82, 2.24) is 0 Å². The minimum Gasteiger partial charge on any atom is -0.388 e. The van der Waals surface area contributed by atoms with Gasteiger partial charge in [0.2, 0.25) is 0 Å². The molecule has 1 aliphatic rings. The molecule has 0 amide bonds. The van der Waals surface area contributed by atoms with Gasteiger partial charge < -0.3 is 24.8 Å². The van der Waals surface area contributed by atoms with Gasteiger partial charge in [-0.25, -0.2) is 0 Å². The number of rotatable bonds is 4. The largest absolute Gasteiger partial charge is 0.388 e. The highest BCUT2D eigenvalue weighted by molar-refractivity contribution is 4.82. The van der Waals surface area contributed by atoms with E-state index in [2.05, 4.69) is 0 Å². The zero-order valence-corrected chi connectivity index (χ0v) is 8.30. The van der Waals surface area contributed by atoms with Crippen molar-refractivity contribution in [2.75, 3.05) is 13.2 Å². The number of aliphatic hydroxyl groups excluding tert-OH is 3. The Kier molecular flexibility index (Phi) is 4.77. The van der Waals surface area contributed by atoms with E-state index in [1.54, 1.807) is 0 Å². The normalized spacial score (nSPS) is 38.6. The van der Waals surface area contributed by atoms with E-state index < -0.39 is 24.6 Å². The number of ether oxygens (including phenoxy) is 2. The van der Waals surface area contributed by atoms with Crippen molar-refractivity contribution in [3.63, 3.8) is 0 Å². The molecule has 1 fully saturated rings. The molecule has 0 aromatic carbocycles. The Balaban J connectivity index is 2.31. The monoisotopic (exact) mass is 206 g/mol. The molecule has 1 rings (SSSR count). The molecule has 0 radical (unpaired) electrons. The second-order valence-corrected chi connectivity index (χ2v) is 3.47. The van der Waals surface area contributed by atoms with Crippen molar-refractivity contribution in [2.45, 2.75) is 44.4 Å². The lowest BCUT2D eigenvalue weighted by Crippen LogP contribution is -2.53. The van der Waals surface area contributed by atoms with Crippen molar-refractivity contribution in [1.29, 1.82) is 0 Å². The van der Waals surface area contributed by atoms with Gasteiger partial charge >= 0.3 is 0 Å². The summed E-state index contributed by atoms with van der Waals surface area (Å²) < 4.78 is 10.2. The van der Waals surface area contributed by atoms with Crippen LogP contribution in [0.15, 0.2) is 0 Å². The van der Waals surface area contributed by atoms with Gasteiger partial charge in [-0.3, -0.25) is 0 Å². The quantitative estimate of drug-likeness (QED) is 0.527. The fourth-order valence-corrected chi connectivity index (χ4v) is 1.27. The summed E-state index contributed by atoms with van der Waals surface area (Å²) in [4.78, 5) is 0. The highest BCUT2D eigenvalue weighted by Gasteiger charge is 2.37. The average Bonchev–Trinajstić information content (AvgIpc) is 2.18. The molecule has 0 aromatic heterocycles. The summed E-state index contributed by atoms with van der Waals surface area (Å²) in [6.45, 7) is 2.51. The molecule has 0 saturated carbocycles. The molecule has 0 aromatic rings. The lowest BCUT2D eigenvalue weighted by atomic mass is 10.1. The highest BCUT2D eigenvalue weighted by Crippen LogP contribution is 2.16. The maximum absolute atomic E-state index is 9.45. The van der Waals surface area contributed by atoms with Crippen LogP contribution in [0.1, 0.15) is 19.8 Å². The van der Waals surface area contributed by atoms with E-state index in [9.17, 15) is 10.2 Å². The van der Waals surface area contributed by atoms with Crippen LogP contribution in [0.3, 0.4) is 0 Å². The smallest absolute Gasteiger partial charge is 0.186 e. The van der Waals surface area contributed by atoms with Crippen LogP contribution in [-0.2, 0) is 9.47 Å². The molecular weight excluding hydrogens is 188 g/mol. The number of hydrogen-bond acceptors (Lipinski definition) is 5. The van der Waals surface area contributed by atoms with Crippen LogP contribution in [0.2, 0.25) is 0 Å². The Morgan fingerprint density at radius 3 is 2.64 bits per heavy atom. The van der Waals surface area contributed by atoms with Crippen molar-refractivity contribution >= 4 is 0 Å². The summed E-state index contributed by atoms with van der Waals surface area (Å²) in [7, 11) is 0. The second kappa shape index (κ2) is 5.63. The van der Waals surface area contributed by atoms with Crippen molar-refractivity contribution < 1.29 is 24.8 Å². The first-order valence-electron chi connectivity index (χ1n) is 4.94. The van der Waals surface area contributed by atoms with Crippen molar-refractivity contribution in [2.24, 2.45) is 0 Å². The summed E-state index contributed by atoms with van der Waals surface area (Å²) in [5, 5.41) is 27.9. The van der Waals surface area contributed by atoms with E-state index in [0.717, 1.165) is 12.8 Å². The number of hydrogen-bond donors (Lipinski definition) is 3. The van der Waals surface area contributed by atoms with E-state index in [1.807, 2.05) is 6.92 Å². The molecule has 0 aliphatic carbocycles. The summed E-state index contributed by atoms with van der Waals surface area (Å²) in [5.74, 6) is 0. The van der Waals surface area contributed by atoms with E-state index in [4.69, 9.17) is 14.6 Å². The fourth-order valence-electron chi connectivity index (χ4n) is 1.27. The molecule has 3 N–H and O–H groups in total. The molecule has 1 aliphatic heterocycles. The zero-order chi connectivity index (χ0) is 10.6. The molecule has 0 unspecified atom stereocenters. The Morgan fingerprint density at radius 2 is 2.00 bits per heavy atom. The molecule has 0 spiro atoms. The van der Waals surface area contributed by atoms with Crippen LogP contribution in [0.5, 0.6) is 0 Å². The van der Waals surface area contributed by atoms with Crippen LogP contribution in [-0.4, -0.2) is 53.1 Å². The second-order valence-electron chi connectivity index (χ2n) is 3.47. The number of unbranched alkanes of at least 4 members (excludes halogenated alkanes) is 1. The number of aliphatic hydroxyl groups is 3. The molecule has 4 atom stereocenters. The van der Waals surface area contributed by atoms with Crippen molar-refractivity contribution in [3.05, 3.63) is 0 Å². The standard InChI is InChI=1S/C9H18O5/c1-2-3-4-13-9-8(12)7(11)6(10)5-14-9/h6-12H,2-5H2,1H3/t6-,7+,8-,9+/m1/s1.